The van der Waals surface area contributed by atoms with E-state index in [0.29, 0.717) is 36.0 Å². The van der Waals surface area contributed by atoms with E-state index in [1.165, 1.54) is 6.33 Å². The molecule has 7 nitrogen and oxygen atoms in total. The van der Waals surface area contributed by atoms with Crippen LogP contribution < -0.4 is 5.73 Å². The first kappa shape index (κ1) is 11.7. The van der Waals surface area contributed by atoms with E-state index in [0.717, 1.165) is 0 Å². The topological polar surface area (TPSA) is 98.9 Å². The van der Waals surface area contributed by atoms with E-state index in [-0.39, 0.29) is 0 Å². The largest absolute Gasteiger partial charge is 0.382 e. The lowest BCUT2D eigenvalue weighted by molar-refractivity contribution is -0.144. The first-order chi connectivity index (χ1) is 8.26. The van der Waals surface area contributed by atoms with Crippen molar-refractivity contribution >= 4 is 17.0 Å². The number of aromatic amines is 1. The molecule has 0 saturated heterocycles. The summed E-state index contributed by atoms with van der Waals surface area (Å²) in [5.41, 5.74) is 6.83. The summed E-state index contributed by atoms with van der Waals surface area (Å²) in [6.45, 7) is 4.84. The summed E-state index contributed by atoms with van der Waals surface area (Å²) in [5.74, 6) is 0.913. The molecule has 0 fully saturated rings. The molecule has 0 aliphatic carbocycles. The second-order valence-electron chi connectivity index (χ2n) is 3.32. The number of hydrogen-bond acceptors (Lipinski definition) is 6. The number of H-pyrrole nitrogens is 1. The highest BCUT2D eigenvalue weighted by atomic mass is 16.7. The average Bonchev–Trinajstić information content (AvgIpc) is 2.74. The molecule has 0 radical (unpaired) electrons. The molecule has 17 heavy (non-hydrogen) atoms. The molecule has 0 spiro atoms. The number of ether oxygens (including phenoxy) is 2. The van der Waals surface area contributed by atoms with Crippen molar-refractivity contribution in [1.82, 2.24) is 19.9 Å². The van der Waals surface area contributed by atoms with Gasteiger partial charge >= 0.3 is 0 Å². The lowest BCUT2D eigenvalue weighted by Crippen LogP contribution is -2.10. The number of anilines is 1. The molecule has 0 aromatic carbocycles. The standard InChI is InChI=1S/C10H15N5O2/c1-3-16-10(17-4-2)9-14-6-7(11)12-5-13-8(6)15-9/h5,10H,3-4H2,1-2H3,(H3,11,12,13,14,15). The van der Waals surface area contributed by atoms with Crippen molar-refractivity contribution in [2.45, 2.75) is 20.1 Å². The summed E-state index contributed by atoms with van der Waals surface area (Å²) < 4.78 is 10.9. The molecule has 0 amide bonds. The monoisotopic (exact) mass is 237 g/mol. The smallest absolute Gasteiger partial charge is 0.217 e. The zero-order chi connectivity index (χ0) is 12.3. The van der Waals surface area contributed by atoms with Crippen LogP contribution in [-0.2, 0) is 9.47 Å². The quantitative estimate of drug-likeness (QED) is 0.753. The first-order valence-electron chi connectivity index (χ1n) is 5.45. The molecule has 92 valence electrons. The maximum absolute atomic E-state index is 5.71. The molecule has 2 aromatic heterocycles. The Hall–Kier alpha value is -1.73. The van der Waals surface area contributed by atoms with Crippen LogP contribution in [0.3, 0.4) is 0 Å². The van der Waals surface area contributed by atoms with E-state index < -0.39 is 6.29 Å². The third-order valence-electron chi connectivity index (χ3n) is 2.20. The molecule has 0 atom stereocenters. The van der Waals surface area contributed by atoms with E-state index in [4.69, 9.17) is 15.2 Å². The zero-order valence-corrected chi connectivity index (χ0v) is 9.80. The summed E-state index contributed by atoms with van der Waals surface area (Å²) in [6.07, 6.45) is 0.845. The van der Waals surface area contributed by atoms with Crippen molar-refractivity contribution in [2.75, 3.05) is 18.9 Å². The summed E-state index contributed by atoms with van der Waals surface area (Å²) in [5, 5.41) is 0. The molecule has 0 unspecified atom stereocenters. The predicted molar refractivity (Wildman–Crippen MR) is 62.1 cm³/mol. The Kier molecular flexibility index (Phi) is 3.50. The van der Waals surface area contributed by atoms with Crippen LogP contribution in [0.2, 0.25) is 0 Å². The Balaban J connectivity index is 2.36. The fraction of sp³-hybridized carbons (Fsp3) is 0.500. The molecule has 3 N–H and O–H groups in total. The molecule has 0 aliphatic rings. The van der Waals surface area contributed by atoms with Gasteiger partial charge in [0.25, 0.3) is 0 Å². The highest BCUT2D eigenvalue weighted by Crippen LogP contribution is 2.20. The minimum Gasteiger partial charge on any atom is -0.382 e. The Morgan fingerprint density at radius 3 is 2.59 bits per heavy atom. The minimum absolute atomic E-state index is 0.362. The van der Waals surface area contributed by atoms with Gasteiger partial charge < -0.3 is 20.2 Å². The van der Waals surface area contributed by atoms with Crippen LogP contribution in [0.1, 0.15) is 26.0 Å². The van der Waals surface area contributed by atoms with Gasteiger partial charge in [-0.2, -0.15) is 0 Å². The number of nitrogens with zero attached hydrogens (tertiary/aromatic N) is 3. The normalized spacial score (nSPS) is 11.5. The van der Waals surface area contributed by atoms with Crippen LogP contribution in [0.4, 0.5) is 5.82 Å². The van der Waals surface area contributed by atoms with Crippen LogP contribution >= 0.6 is 0 Å². The fourth-order valence-electron chi connectivity index (χ4n) is 1.48. The minimum atomic E-state index is -0.529. The molecular formula is C10H15N5O2. The van der Waals surface area contributed by atoms with Crippen molar-refractivity contribution in [3.8, 4) is 0 Å². The van der Waals surface area contributed by atoms with Gasteiger partial charge in [-0.25, -0.2) is 15.0 Å². The third-order valence-corrected chi connectivity index (χ3v) is 2.20. The number of hydrogen-bond donors (Lipinski definition) is 2. The van der Waals surface area contributed by atoms with Gasteiger partial charge in [0.05, 0.1) is 0 Å². The molecular weight excluding hydrogens is 222 g/mol. The van der Waals surface area contributed by atoms with Crippen LogP contribution in [0.25, 0.3) is 11.2 Å². The number of fused-ring (bicyclic) bond motifs is 1. The lowest BCUT2D eigenvalue weighted by atomic mass is 10.5. The van der Waals surface area contributed by atoms with Crippen LogP contribution in [-0.4, -0.2) is 33.1 Å². The Morgan fingerprint density at radius 2 is 2.00 bits per heavy atom. The molecule has 2 aromatic rings. The lowest BCUT2D eigenvalue weighted by Gasteiger charge is -2.13. The van der Waals surface area contributed by atoms with Gasteiger partial charge in [-0.3, -0.25) is 0 Å². The van der Waals surface area contributed by atoms with Crippen LogP contribution in [0.5, 0.6) is 0 Å². The van der Waals surface area contributed by atoms with Gasteiger partial charge in [0.1, 0.15) is 11.8 Å². The maximum atomic E-state index is 5.71. The second kappa shape index (κ2) is 5.07. The number of rotatable bonds is 5. The van der Waals surface area contributed by atoms with Gasteiger partial charge in [0.2, 0.25) is 6.29 Å². The molecule has 0 saturated carbocycles. The van der Waals surface area contributed by atoms with Crippen molar-refractivity contribution < 1.29 is 9.47 Å². The van der Waals surface area contributed by atoms with Gasteiger partial charge in [-0.1, -0.05) is 0 Å². The van der Waals surface area contributed by atoms with Crippen molar-refractivity contribution in [2.24, 2.45) is 0 Å². The van der Waals surface area contributed by atoms with E-state index in [2.05, 4.69) is 19.9 Å². The zero-order valence-electron chi connectivity index (χ0n) is 9.80. The number of nitrogens with one attached hydrogen (secondary N) is 1. The molecule has 0 aliphatic heterocycles. The third kappa shape index (κ3) is 2.34. The molecule has 2 heterocycles. The van der Waals surface area contributed by atoms with Crippen molar-refractivity contribution in [1.29, 1.82) is 0 Å². The van der Waals surface area contributed by atoms with Crippen molar-refractivity contribution in [3.05, 3.63) is 12.2 Å². The Morgan fingerprint density at radius 1 is 1.29 bits per heavy atom. The van der Waals surface area contributed by atoms with E-state index in [1.54, 1.807) is 0 Å². The maximum Gasteiger partial charge on any atom is 0.217 e. The summed E-state index contributed by atoms with van der Waals surface area (Å²) >= 11 is 0. The number of aromatic nitrogens is 4. The summed E-state index contributed by atoms with van der Waals surface area (Å²) in [6, 6.07) is 0. The number of imidazole rings is 1. The van der Waals surface area contributed by atoms with E-state index in [9.17, 15) is 0 Å². The highest BCUT2D eigenvalue weighted by molar-refractivity contribution is 5.80. The Labute approximate surface area is 98.4 Å². The van der Waals surface area contributed by atoms with Crippen LogP contribution in [0.15, 0.2) is 6.33 Å². The number of nitrogen functional groups attached to an aromatic ring is 1. The molecule has 7 heteroatoms. The highest BCUT2D eigenvalue weighted by Gasteiger charge is 2.17. The van der Waals surface area contributed by atoms with Gasteiger partial charge in [0, 0.05) is 13.2 Å². The van der Waals surface area contributed by atoms with Gasteiger partial charge in [-0.15, -0.1) is 0 Å². The van der Waals surface area contributed by atoms with Crippen molar-refractivity contribution in [3.63, 3.8) is 0 Å². The second-order valence-corrected chi connectivity index (χ2v) is 3.32. The summed E-state index contributed by atoms with van der Waals surface area (Å²) in [4.78, 5) is 15.2. The number of nitrogens with two attached hydrogens (primary N) is 1. The van der Waals surface area contributed by atoms with Gasteiger partial charge in [0.15, 0.2) is 17.3 Å². The Bertz CT molecular complexity index is 492. The average molecular weight is 237 g/mol. The summed E-state index contributed by atoms with van der Waals surface area (Å²) in [7, 11) is 0. The van der Waals surface area contributed by atoms with Gasteiger partial charge in [-0.05, 0) is 13.8 Å². The fourth-order valence-corrected chi connectivity index (χ4v) is 1.48. The molecule has 2 rings (SSSR count). The SMILES string of the molecule is CCOC(OCC)c1nc2ncnc(N)c2[nH]1. The van der Waals surface area contributed by atoms with E-state index in [1.807, 2.05) is 13.8 Å². The van der Waals surface area contributed by atoms with Crippen LogP contribution in [0, 0.1) is 0 Å². The first-order valence-corrected chi connectivity index (χ1v) is 5.45. The predicted octanol–water partition coefficient (Wildman–Crippen LogP) is 1.01. The van der Waals surface area contributed by atoms with E-state index >= 15 is 0 Å². The molecule has 0 bridgehead atoms.